The van der Waals surface area contributed by atoms with Crippen LogP contribution in [0.4, 0.5) is 0 Å². The Balaban J connectivity index is 2.22. The summed E-state index contributed by atoms with van der Waals surface area (Å²) < 4.78 is 5.14. The third kappa shape index (κ3) is 3.07. The quantitative estimate of drug-likeness (QED) is 0.478. The van der Waals surface area contributed by atoms with Gasteiger partial charge in [-0.1, -0.05) is 19.1 Å². The summed E-state index contributed by atoms with van der Waals surface area (Å²) in [6.45, 7) is 2.10. The van der Waals surface area contributed by atoms with E-state index in [9.17, 15) is 4.79 Å². The van der Waals surface area contributed by atoms with Gasteiger partial charge in [0.25, 0.3) is 0 Å². The van der Waals surface area contributed by atoms with Gasteiger partial charge in [0.1, 0.15) is 6.10 Å². The lowest BCUT2D eigenvalue weighted by atomic mass is 10.1. The molecule has 0 aliphatic carbocycles. The average molecular weight is 168 g/mol. The third-order valence-electron chi connectivity index (χ3n) is 2.01. The van der Waals surface area contributed by atoms with Crippen molar-refractivity contribution in [3.63, 3.8) is 0 Å². The first-order valence-electron chi connectivity index (χ1n) is 4.67. The molecule has 1 heterocycles. The Morgan fingerprint density at radius 2 is 2.42 bits per heavy atom. The smallest absolute Gasteiger partial charge is 0.306 e. The van der Waals surface area contributed by atoms with Crippen molar-refractivity contribution in [2.45, 2.75) is 45.1 Å². The summed E-state index contributed by atoms with van der Waals surface area (Å²) >= 11 is 0. The number of hydrogen-bond acceptors (Lipinski definition) is 2. The van der Waals surface area contributed by atoms with Gasteiger partial charge >= 0.3 is 5.97 Å². The number of cyclic esters (lactones) is 1. The van der Waals surface area contributed by atoms with Crippen LogP contribution in [0.2, 0.25) is 0 Å². The van der Waals surface area contributed by atoms with Crippen molar-refractivity contribution in [1.82, 2.24) is 0 Å². The summed E-state index contributed by atoms with van der Waals surface area (Å²) in [7, 11) is 0. The Bertz CT molecular complexity index is 173. The molecule has 0 unspecified atom stereocenters. The van der Waals surface area contributed by atoms with Crippen LogP contribution in [-0.2, 0) is 9.53 Å². The predicted octanol–water partition coefficient (Wildman–Crippen LogP) is 2.44. The molecule has 0 spiro atoms. The van der Waals surface area contributed by atoms with Crippen molar-refractivity contribution in [3.8, 4) is 0 Å². The number of ether oxygens (including phenoxy) is 1. The zero-order chi connectivity index (χ0) is 8.81. The van der Waals surface area contributed by atoms with Gasteiger partial charge in [-0.2, -0.15) is 0 Å². The Morgan fingerprint density at radius 3 is 3.08 bits per heavy atom. The second kappa shape index (κ2) is 4.96. The van der Waals surface area contributed by atoms with E-state index in [2.05, 4.69) is 19.1 Å². The van der Waals surface area contributed by atoms with Gasteiger partial charge in [0.05, 0.1) is 0 Å². The molecule has 1 saturated heterocycles. The Morgan fingerprint density at radius 1 is 1.58 bits per heavy atom. The van der Waals surface area contributed by atoms with E-state index in [1.165, 1.54) is 0 Å². The van der Waals surface area contributed by atoms with Gasteiger partial charge in [0.15, 0.2) is 0 Å². The van der Waals surface area contributed by atoms with Gasteiger partial charge in [0, 0.05) is 12.8 Å². The maximum Gasteiger partial charge on any atom is 0.306 e. The molecular formula is C10H16O2. The fourth-order valence-electron chi connectivity index (χ4n) is 1.36. The normalized spacial score (nSPS) is 24.4. The first-order chi connectivity index (χ1) is 5.83. The standard InChI is InChI=1S/C10H16O2/c1-2-3-4-6-9-7-5-8-10(11)12-9/h3-4,9H,2,5-8H2,1H3/b4-3-/t9-/m1/s1. The SMILES string of the molecule is CC/C=C\C[C@@H]1CCCC(=O)O1. The highest BCUT2D eigenvalue weighted by atomic mass is 16.5. The molecule has 1 aliphatic rings. The first kappa shape index (κ1) is 9.30. The lowest BCUT2D eigenvalue weighted by molar-refractivity contribution is -0.153. The Kier molecular flexibility index (Phi) is 3.85. The minimum Gasteiger partial charge on any atom is -0.462 e. The summed E-state index contributed by atoms with van der Waals surface area (Å²) in [6.07, 6.45) is 8.93. The van der Waals surface area contributed by atoms with Crippen LogP contribution in [-0.4, -0.2) is 12.1 Å². The Labute approximate surface area is 73.6 Å². The van der Waals surface area contributed by atoms with Crippen molar-refractivity contribution in [2.75, 3.05) is 0 Å². The lowest BCUT2D eigenvalue weighted by Gasteiger charge is -2.20. The van der Waals surface area contributed by atoms with Crippen LogP contribution in [0.15, 0.2) is 12.2 Å². The third-order valence-corrected chi connectivity index (χ3v) is 2.01. The van der Waals surface area contributed by atoms with Crippen molar-refractivity contribution in [3.05, 3.63) is 12.2 Å². The molecule has 0 saturated carbocycles. The van der Waals surface area contributed by atoms with Gasteiger partial charge in [-0.25, -0.2) is 0 Å². The number of carbonyl (C=O) groups excluding carboxylic acids is 1. The fraction of sp³-hybridized carbons (Fsp3) is 0.700. The summed E-state index contributed by atoms with van der Waals surface area (Å²) in [5.74, 6) is -0.0313. The first-order valence-corrected chi connectivity index (χ1v) is 4.67. The zero-order valence-electron chi connectivity index (χ0n) is 7.58. The molecule has 1 rings (SSSR count). The molecule has 2 heteroatoms. The number of carbonyl (C=O) groups is 1. The monoisotopic (exact) mass is 168 g/mol. The van der Waals surface area contributed by atoms with E-state index in [0.717, 1.165) is 25.7 Å². The maximum atomic E-state index is 10.9. The molecule has 2 nitrogen and oxygen atoms in total. The van der Waals surface area contributed by atoms with Crippen LogP contribution < -0.4 is 0 Å². The van der Waals surface area contributed by atoms with Crippen LogP contribution in [0.1, 0.15) is 39.0 Å². The maximum absolute atomic E-state index is 10.9. The summed E-state index contributed by atoms with van der Waals surface area (Å²) in [5.41, 5.74) is 0. The molecule has 0 bridgehead atoms. The fourth-order valence-corrected chi connectivity index (χ4v) is 1.36. The molecule has 1 fully saturated rings. The van der Waals surface area contributed by atoms with E-state index in [1.807, 2.05) is 0 Å². The van der Waals surface area contributed by atoms with Crippen LogP contribution in [0, 0.1) is 0 Å². The minimum absolute atomic E-state index is 0.0313. The van der Waals surface area contributed by atoms with Crippen LogP contribution >= 0.6 is 0 Å². The Hall–Kier alpha value is -0.790. The van der Waals surface area contributed by atoms with Gasteiger partial charge < -0.3 is 4.74 Å². The van der Waals surface area contributed by atoms with Crippen molar-refractivity contribution in [1.29, 1.82) is 0 Å². The molecule has 1 atom stereocenters. The van der Waals surface area contributed by atoms with Gasteiger partial charge in [-0.3, -0.25) is 4.79 Å². The summed E-state index contributed by atoms with van der Waals surface area (Å²) in [6, 6.07) is 0. The molecule has 12 heavy (non-hydrogen) atoms. The highest BCUT2D eigenvalue weighted by Crippen LogP contribution is 2.16. The number of allylic oxidation sites excluding steroid dienone is 1. The number of hydrogen-bond donors (Lipinski definition) is 0. The topological polar surface area (TPSA) is 26.3 Å². The highest BCUT2D eigenvalue weighted by Gasteiger charge is 2.18. The van der Waals surface area contributed by atoms with E-state index in [0.29, 0.717) is 6.42 Å². The van der Waals surface area contributed by atoms with Crippen molar-refractivity contribution >= 4 is 5.97 Å². The van der Waals surface area contributed by atoms with Gasteiger partial charge in [-0.15, -0.1) is 0 Å². The lowest BCUT2D eigenvalue weighted by Crippen LogP contribution is -2.22. The molecule has 1 aliphatic heterocycles. The van der Waals surface area contributed by atoms with Gasteiger partial charge in [-0.05, 0) is 19.3 Å². The van der Waals surface area contributed by atoms with Crippen LogP contribution in [0.25, 0.3) is 0 Å². The van der Waals surface area contributed by atoms with E-state index < -0.39 is 0 Å². The molecule has 0 aromatic heterocycles. The number of rotatable bonds is 3. The number of esters is 1. The van der Waals surface area contributed by atoms with Gasteiger partial charge in [0.2, 0.25) is 0 Å². The van der Waals surface area contributed by atoms with E-state index >= 15 is 0 Å². The second-order valence-electron chi connectivity index (χ2n) is 3.12. The van der Waals surface area contributed by atoms with E-state index in [-0.39, 0.29) is 12.1 Å². The molecule has 0 aromatic rings. The van der Waals surface area contributed by atoms with Crippen LogP contribution in [0.3, 0.4) is 0 Å². The average Bonchev–Trinajstić information content (AvgIpc) is 2.05. The predicted molar refractivity (Wildman–Crippen MR) is 47.8 cm³/mol. The largest absolute Gasteiger partial charge is 0.462 e. The molecular weight excluding hydrogens is 152 g/mol. The molecule has 0 amide bonds. The van der Waals surface area contributed by atoms with Crippen LogP contribution in [0.5, 0.6) is 0 Å². The summed E-state index contributed by atoms with van der Waals surface area (Å²) in [4.78, 5) is 10.9. The highest BCUT2D eigenvalue weighted by molar-refractivity contribution is 5.70. The summed E-state index contributed by atoms with van der Waals surface area (Å²) in [5, 5.41) is 0. The second-order valence-corrected chi connectivity index (χ2v) is 3.12. The van der Waals surface area contributed by atoms with E-state index in [1.54, 1.807) is 0 Å². The minimum atomic E-state index is -0.0313. The molecule has 0 N–H and O–H groups in total. The molecule has 0 radical (unpaired) electrons. The van der Waals surface area contributed by atoms with E-state index in [4.69, 9.17) is 4.74 Å². The van der Waals surface area contributed by atoms with Crippen molar-refractivity contribution in [2.24, 2.45) is 0 Å². The molecule has 68 valence electrons. The molecule has 0 aromatic carbocycles. The zero-order valence-corrected chi connectivity index (χ0v) is 7.58. The van der Waals surface area contributed by atoms with Crippen molar-refractivity contribution < 1.29 is 9.53 Å².